The monoisotopic (exact) mass is 494 g/mol. The number of carbonyl (C=O) groups excluding carboxylic acids is 1. The molecule has 0 spiro atoms. The molecule has 31 heavy (non-hydrogen) atoms. The molecule has 1 N–H and O–H groups in total. The number of hydrogen-bond acceptors (Lipinski definition) is 3. The number of anilines is 1. The molecule has 3 aromatic carbocycles. The summed E-state index contributed by atoms with van der Waals surface area (Å²) in [5, 5.41) is 12.8. The van der Waals surface area contributed by atoms with Crippen molar-refractivity contribution in [2.24, 2.45) is 0 Å². The van der Waals surface area contributed by atoms with Crippen LogP contribution in [0.5, 0.6) is 5.75 Å². The molecule has 0 aliphatic carbocycles. The number of carbonyl (C=O) groups is 1. The molecule has 0 fully saturated rings. The summed E-state index contributed by atoms with van der Waals surface area (Å²) in [5.41, 5.74) is 4.20. The second kappa shape index (κ2) is 10.3. The standard InChI is InChI=1S/C25H20BrClN2O2/c1-16-3-6-18(7-4-16)15-31-24-10-8-21(26)12-19(24)11-20(14-28)25(30)29-22-9-5-17(2)23(27)13-22/h3-13H,15H2,1-2H3,(H,29,30)/b20-11-. The number of hydrogen-bond donors (Lipinski definition) is 1. The van der Waals surface area contributed by atoms with Crippen molar-refractivity contribution in [2.45, 2.75) is 20.5 Å². The minimum Gasteiger partial charge on any atom is -0.488 e. The van der Waals surface area contributed by atoms with Gasteiger partial charge in [-0.2, -0.15) is 5.26 Å². The van der Waals surface area contributed by atoms with Gasteiger partial charge in [-0.1, -0.05) is 63.4 Å². The molecule has 0 heterocycles. The maximum atomic E-state index is 12.7. The lowest BCUT2D eigenvalue weighted by molar-refractivity contribution is -0.112. The van der Waals surface area contributed by atoms with E-state index in [9.17, 15) is 10.1 Å². The Bertz CT molecular complexity index is 1180. The van der Waals surface area contributed by atoms with Gasteiger partial charge in [-0.25, -0.2) is 0 Å². The van der Waals surface area contributed by atoms with Crippen LogP contribution in [0.25, 0.3) is 6.08 Å². The zero-order valence-electron chi connectivity index (χ0n) is 17.1. The van der Waals surface area contributed by atoms with Gasteiger partial charge in [0.15, 0.2) is 0 Å². The molecule has 0 aliphatic heterocycles. The number of nitrogens with one attached hydrogen (secondary N) is 1. The fourth-order valence-corrected chi connectivity index (χ4v) is 3.34. The summed E-state index contributed by atoms with van der Waals surface area (Å²) in [6.45, 7) is 4.28. The molecule has 0 bridgehead atoms. The molecule has 4 nitrogen and oxygen atoms in total. The Balaban J connectivity index is 1.82. The number of halogens is 2. The van der Waals surface area contributed by atoms with E-state index in [-0.39, 0.29) is 5.57 Å². The first-order chi connectivity index (χ1) is 14.9. The number of benzene rings is 3. The van der Waals surface area contributed by atoms with E-state index in [1.807, 2.05) is 50.2 Å². The Morgan fingerprint density at radius 3 is 2.55 bits per heavy atom. The quantitative estimate of drug-likeness (QED) is 0.301. The molecule has 0 saturated heterocycles. The molecule has 0 unspecified atom stereocenters. The Morgan fingerprint density at radius 2 is 1.87 bits per heavy atom. The molecule has 6 heteroatoms. The Labute approximate surface area is 195 Å². The molecular weight excluding hydrogens is 476 g/mol. The van der Waals surface area contributed by atoms with Gasteiger partial charge in [0.05, 0.1) is 0 Å². The van der Waals surface area contributed by atoms with Gasteiger partial charge in [-0.05, 0) is 61.4 Å². The van der Waals surface area contributed by atoms with Gasteiger partial charge in [0.25, 0.3) is 5.91 Å². The minimum absolute atomic E-state index is 0.0463. The normalized spacial score (nSPS) is 11.0. The van der Waals surface area contributed by atoms with Gasteiger partial charge in [-0.3, -0.25) is 4.79 Å². The maximum Gasteiger partial charge on any atom is 0.266 e. The van der Waals surface area contributed by atoms with Crippen LogP contribution in [0.2, 0.25) is 5.02 Å². The van der Waals surface area contributed by atoms with Crippen molar-refractivity contribution in [1.29, 1.82) is 5.26 Å². The predicted octanol–water partition coefficient (Wildman–Crippen LogP) is 6.84. The third-order valence-corrected chi connectivity index (χ3v) is 5.48. The van der Waals surface area contributed by atoms with Crippen LogP contribution in [0.3, 0.4) is 0 Å². The molecule has 0 radical (unpaired) electrons. The van der Waals surface area contributed by atoms with Gasteiger partial charge < -0.3 is 10.1 Å². The molecule has 1 amide bonds. The van der Waals surface area contributed by atoms with Gasteiger partial charge >= 0.3 is 0 Å². The Hall–Kier alpha value is -3.07. The van der Waals surface area contributed by atoms with Crippen molar-refractivity contribution >= 4 is 45.2 Å². The number of amides is 1. The summed E-state index contributed by atoms with van der Waals surface area (Å²) < 4.78 is 6.78. The molecule has 156 valence electrons. The lowest BCUT2D eigenvalue weighted by atomic mass is 10.1. The topological polar surface area (TPSA) is 62.1 Å². The SMILES string of the molecule is Cc1ccc(COc2ccc(Br)cc2/C=C(/C#N)C(=O)Nc2ccc(C)c(Cl)c2)cc1. The second-order valence-electron chi connectivity index (χ2n) is 7.04. The molecule has 3 rings (SSSR count). The largest absolute Gasteiger partial charge is 0.488 e. The Morgan fingerprint density at radius 1 is 1.13 bits per heavy atom. The highest BCUT2D eigenvalue weighted by molar-refractivity contribution is 9.10. The van der Waals surface area contributed by atoms with Crippen LogP contribution >= 0.6 is 27.5 Å². The zero-order chi connectivity index (χ0) is 22.4. The van der Waals surface area contributed by atoms with Crippen molar-refractivity contribution in [3.8, 4) is 11.8 Å². The number of ether oxygens (including phenoxy) is 1. The van der Waals surface area contributed by atoms with Crippen LogP contribution in [0.15, 0.2) is 70.7 Å². The van der Waals surface area contributed by atoms with Crippen LogP contribution in [0, 0.1) is 25.2 Å². The zero-order valence-corrected chi connectivity index (χ0v) is 19.4. The Kier molecular flexibility index (Phi) is 7.51. The lowest BCUT2D eigenvalue weighted by Gasteiger charge is -2.11. The first kappa shape index (κ1) is 22.6. The fourth-order valence-electron chi connectivity index (χ4n) is 2.78. The molecule has 0 aliphatic rings. The van der Waals surface area contributed by atoms with Crippen LogP contribution in [0.4, 0.5) is 5.69 Å². The van der Waals surface area contributed by atoms with E-state index in [0.29, 0.717) is 28.6 Å². The van der Waals surface area contributed by atoms with Crippen molar-refractivity contribution < 1.29 is 9.53 Å². The highest BCUT2D eigenvalue weighted by atomic mass is 79.9. The third kappa shape index (κ3) is 6.21. The summed E-state index contributed by atoms with van der Waals surface area (Å²) in [7, 11) is 0. The van der Waals surface area contributed by atoms with Crippen LogP contribution < -0.4 is 10.1 Å². The molecular formula is C25H20BrClN2O2. The van der Waals surface area contributed by atoms with E-state index in [4.69, 9.17) is 16.3 Å². The van der Waals surface area contributed by atoms with E-state index >= 15 is 0 Å². The minimum atomic E-state index is -0.521. The molecule has 3 aromatic rings. The highest BCUT2D eigenvalue weighted by Crippen LogP contribution is 2.27. The van der Waals surface area contributed by atoms with Crippen LogP contribution in [0.1, 0.15) is 22.3 Å². The highest BCUT2D eigenvalue weighted by Gasteiger charge is 2.13. The van der Waals surface area contributed by atoms with E-state index in [2.05, 4.69) is 21.2 Å². The van der Waals surface area contributed by atoms with Crippen molar-refractivity contribution in [3.05, 3.63) is 98.0 Å². The number of rotatable bonds is 6. The van der Waals surface area contributed by atoms with Gasteiger partial charge in [-0.15, -0.1) is 0 Å². The maximum absolute atomic E-state index is 12.7. The smallest absolute Gasteiger partial charge is 0.266 e. The van der Waals surface area contributed by atoms with E-state index in [1.54, 1.807) is 30.3 Å². The summed E-state index contributed by atoms with van der Waals surface area (Å²) >= 11 is 9.55. The number of nitrogens with zero attached hydrogens (tertiary/aromatic N) is 1. The summed E-state index contributed by atoms with van der Waals surface area (Å²) in [6, 6.07) is 20.7. The van der Waals surface area contributed by atoms with E-state index < -0.39 is 5.91 Å². The first-order valence-corrected chi connectivity index (χ1v) is 10.7. The van der Waals surface area contributed by atoms with Crippen molar-refractivity contribution in [3.63, 3.8) is 0 Å². The number of aryl methyl sites for hydroxylation is 2. The summed E-state index contributed by atoms with van der Waals surface area (Å²) in [6.07, 6.45) is 1.51. The predicted molar refractivity (Wildman–Crippen MR) is 128 cm³/mol. The number of nitriles is 1. The fraction of sp³-hybridized carbons (Fsp3) is 0.120. The molecule has 0 aromatic heterocycles. The van der Waals surface area contributed by atoms with Crippen molar-refractivity contribution in [2.75, 3.05) is 5.32 Å². The summed E-state index contributed by atoms with van der Waals surface area (Å²) in [5.74, 6) is 0.0505. The second-order valence-corrected chi connectivity index (χ2v) is 8.37. The first-order valence-electron chi connectivity index (χ1n) is 9.53. The van der Waals surface area contributed by atoms with Gasteiger partial charge in [0.2, 0.25) is 0 Å². The average molecular weight is 496 g/mol. The van der Waals surface area contributed by atoms with Crippen molar-refractivity contribution in [1.82, 2.24) is 0 Å². The average Bonchev–Trinajstić information content (AvgIpc) is 2.75. The van der Waals surface area contributed by atoms with E-state index in [1.165, 1.54) is 11.6 Å². The lowest BCUT2D eigenvalue weighted by Crippen LogP contribution is -2.13. The van der Waals surface area contributed by atoms with Crippen LogP contribution in [-0.4, -0.2) is 5.91 Å². The molecule has 0 atom stereocenters. The summed E-state index contributed by atoms with van der Waals surface area (Å²) in [4.78, 5) is 12.7. The van der Waals surface area contributed by atoms with Crippen LogP contribution in [-0.2, 0) is 11.4 Å². The third-order valence-electron chi connectivity index (χ3n) is 4.58. The van der Waals surface area contributed by atoms with Gasteiger partial charge in [0.1, 0.15) is 24.0 Å². The van der Waals surface area contributed by atoms with E-state index in [0.717, 1.165) is 15.6 Å². The molecule has 0 saturated carbocycles. The van der Waals surface area contributed by atoms with Gasteiger partial charge in [0, 0.05) is 20.7 Å².